The van der Waals surface area contributed by atoms with E-state index in [0.717, 1.165) is 11.3 Å². The maximum atomic E-state index is 5.77. The van der Waals surface area contributed by atoms with E-state index >= 15 is 0 Å². The molecule has 1 unspecified atom stereocenters. The number of hydrogen-bond acceptors (Lipinski definition) is 3. The first-order chi connectivity index (χ1) is 4.84. The summed E-state index contributed by atoms with van der Waals surface area (Å²) in [6, 6.07) is 2.02. The minimum Gasteiger partial charge on any atom is -0.472 e. The molecule has 0 radical (unpaired) electrons. The second-order valence-electron chi connectivity index (χ2n) is 2.12. The van der Waals surface area contributed by atoms with Gasteiger partial charge in [-0.1, -0.05) is 0 Å². The molecule has 0 spiro atoms. The van der Waals surface area contributed by atoms with Crippen LogP contribution >= 0.6 is 11.8 Å². The summed E-state index contributed by atoms with van der Waals surface area (Å²) >= 11 is 1.74. The Hall–Kier alpha value is -0.410. The molecular weight excluding hydrogens is 146 g/mol. The van der Waals surface area contributed by atoms with Crippen molar-refractivity contribution in [1.82, 2.24) is 0 Å². The second-order valence-corrected chi connectivity index (χ2v) is 3.03. The van der Waals surface area contributed by atoms with Crippen molar-refractivity contribution < 1.29 is 4.42 Å². The Labute approximate surface area is 64.8 Å². The smallest absolute Gasteiger partial charge is 0.0950 e. The van der Waals surface area contributed by atoms with Crippen LogP contribution in [0.2, 0.25) is 0 Å². The van der Waals surface area contributed by atoms with Crippen molar-refractivity contribution in [2.45, 2.75) is 6.04 Å². The maximum absolute atomic E-state index is 5.77. The van der Waals surface area contributed by atoms with Gasteiger partial charge in [0.2, 0.25) is 0 Å². The number of nitrogens with two attached hydrogens (primary N) is 1. The van der Waals surface area contributed by atoms with Crippen LogP contribution in [0.4, 0.5) is 0 Å². The molecule has 1 aromatic heterocycles. The summed E-state index contributed by atoms with van der Waals surface area (Å²) in [6.45, 7) is 0. The van der Waals surface area contributed by atoms with Crippen LogP contribution in [-0.2, 0) is 0 Å². The molecule has 56 valence electrons. The first-order valence-corrected chi connectivity index (χ1v) is 4.50. The van der Waals surface area contributed by atoms with Crippen LogP contribution in [0.5, 0.6) is 0 Å². The summed E-state index contributed by atoms with van der Waals surface area (Å²) in [5.41, 5.74) is 6.85. The zero-order valence-corrected chi connectivity index (χ0v) is 6.73. The van der Waals surface area contributed by atoms with Crippen molar-refractivity contribution in [3.05, 3.63) is 24.2 Å². The molecule has 1 aromatic rings. The summed E-state index contributed by atoms with van der Waals surface area (Å²) in [7, 11) is 0. The summed E-state index contributed by atoms with van der Waals surface area (Å²) in [6.07, 6.45) is 5.39. The highest BCUT2D eigenvalue weighted by molar-refractivity contribution is 7.98. The Morgan fingerprint density at radius 2 is 2.60 bits per heavy atom. The molecule has 1 heterocycles. The van der Waals surface area contributed by atoms with Gasteiger partial charge in [-0.2, -0.15) is 11.8 Å². The molecule has 0 aliphatic heterocycles. The van der Waals surface area contributed by atoms with Gasteiger partial charge in [0.1, 0.15) is 0 Å². The Kier molecular flexibility index (Phi) is 2.83. The summed E-state index contributed by atoms with van der Waals surface area (Å²) in [5.74, 6) is 0.944. The number of rotatable bonds is 3. The molecule has 0 bridgehead atoms. The van der Waals surface area contributed by atoms with E-state index in [1.165, 1.54) is 0 Å². The van der Waals surface area contributed by atoms with E-state index in [2.05, 4.69) is 0 Å². The summed E-state index contributed by atoms with van der Waals surface area (Å²) < 4.78 is 4.89. The predicted octanol–water partition coefficient (Wildman–Crippen LogP) is 1.64. The van der Waals surface area contributed by atoms with Gasteiger partial charge >= 0.3 is 0 Å². The molecular formula is C7H11NOS. The van der Waals surface area contributed by atoms with Crippen molar-refractivity contribution >= 4 is 11.8 Å². The van der Waals surface area contributed by atoms with Gasteiger partial charge in [0, 0.05) is 17.4 Å². The maximum Gasteiger partial charge on any atom is 0.0950 e. The van der Waals surface area contributed by atoms with Gasteiger partial charge < -0.3 is 10.2 Å². The van der Waals surface area contributed by atoms with Crippen LogP contribution in [0, 0.1) is 0 Å². The van der Waals surface area contributed by atoms with Gasteiger partial charge in [-0.3, -0.25) is 0 Å². The van der Waals surface area contributed by atoms with Gasteiger partial charge in [0.15, 0.2) is 0 Å². The van der Waals surface area contributed by atoms with E-state index in [9.17, 15) is 0 Å². The number of thioether (sulfide) groups is 1. The molecule has 10 heavy (non-hydrogen) atoms. The van der Waals surface area contributed by atoms with E-state index < -0.39 is 0 Å². The topological polar surface area (TPSA) is 39.2 Å². The molecule has 0 aliphatic carbocycles. The van der Waals surface area contributed by atoms with Crippen LogP contribution in [0.15, 0.2) is 23.0 Å². The molecule has 0 fully saturated rings. The van der Waals surface area contributed by atoms with Gasteiger partial charge in [-0.15, -0.1) is 0 Å². The first kappa shape index (κ1) is 7.69. The van der Waals surface area contributed by atoms with Gasteiger partial charge in [0.05, 0.1) is 12.5 Å². The zero-order chi connectivity index (χ0) is 7.40. The quantitative estimate of drug-likeness (QED) is 0.725. The molecule has 0 aromatic carbocycles. The Morgan fingerprint density at radius 3 is 3.10 bits per heavy atom. The molecule has 3 heteroatoms. The van der Waals surface area contributed by atoms with Crippen LogP contribution in [0.1, 0.15) is 11.6 Å². The highest BCUT2D eigenvalue weighted by Gasteiger charge is 2.04. The van der Waals surface area contributed by atoms with Crippen molar-refractivity contribution in [3.8, 4) is 0 Å². The lowest BCUT2D eigenvalue weighted by Gasteiger charge is -2.04. The normalized spacial score (nSPS) is 13.4. The number of furan rings is 1. The fourth-order valence-corrected chi connectivity index (χ4v) is 1.31. The van der Waals surface area contributed by atoms with Crippen molar-refractivity contribution in [2.75, 3.05) is 12.0 Å². The van der Waals surface area contributed by atoms with E-state index in [-0.39, 0.29) is 6.04 Å². The van der Waals surface area contributed by atoms with E-state index in [4.69, 9.17) is 10.2 Å². The average molecular weight is 157 g/mol. The highest BCUT2D eigenvalue weighted by Crippen LogP contribution is 2.13. The molecule has 1 atom stereocenters. The fraction of sp³-hybridized carbons (Fsp3) is 0.429. The van der Waals surface area contributed by atoms with E-state index in [1.54, 1.807) is 24.3 Å². The standard InChI is InChI=1S/C7H11NOS/c1-10-5-7(8)6-2-3-9-4-6/h2-4,7H,5,8H2,1H3. The molecule has 0 saturated heterocycles. The van der Waals surface area contributed by atoms with Crippen molar-refractivity contribution in [2.24, 2.45) is 5.73 Å². The largest absolute Gasteiger partial charge is 0.472 e. The molecule has 2 N–H and O–H groups in total. The minimum atomic E-state index is 0.119. The Bertz CT molecular complexity index is 174. The average Bonchev–Trinajstić information content (AvgIpc) is 2.38. The van der Waals surface area contributed by atoms with Crippen molar-refractivity contribution in [3.63, 3.8) is 0 Å². The third-order valence-corrected chi connectivity index (χ3v) is 2.01. The monoisotopic (exact) mass is 157 g/mol. The first-order valence-electron chi connectivity index (χ1n) is 3.11. The Balaban J connectivity index is 2.50. The highest BCUT2D eigenvalue weighted by atomic mass is 32.2. The lowest BCUT2D eigenvalue weighted by Crippen LogP contribution is -2.11. The number of hydrogen-bond donors (Lipinski definition) is 1. The third kappa shape index (κ3) is 1.78. The lowest BCUT2D eigenvalue weighted by molar-refractivity contribution is 0.561. The molecule has 0 saturated carbocycles. The van der Waals surface area contributed by atoms with Crippen LogP contribution in [0.3, 0.4) is 0 Å². The fourth-order valence-electron chi connectivity index (χ4n) is 0.762. The van der Waals surface area contributed by atoms with Gasteiger partial charge in [-0.25, -0.2) is 0 Å². The van der Waals surface area contributed by atoms with Crippen LogP contribution in [0.25, 0.3) is 0 Å². The van der Waals surface area contributed by atoms with Gasteiger partial charge in [0.25, 0.3) is 0 Å². The van der Waals surface area contributed by atoms with Crippen LogP contribution < -0.4 is 5.73 Å². The lowest BCUT2D eigenvalue weighted by atomic mass is 10.2. The second kappa shape index (κ2) is 3.68. The molecule has 0 amide bonds. The predicted molar refractivity (Wildman–Crippen MR) is 44.0 cm³/mol. The molecule has 1 rings (SSSR count). The molecule has 0 aliphatic rings. The summed E-state index contributed by atoms with van der Waals surface area (Å²) in [5, 5.41) is 0. The zero-order valence-electron chi connectivity index (χ0n) is 5.91. The molecule has 2 nitrogen and oxygen atoms in total. The third-order valence-electron chi connectivity index (χ3n) is 1.32. The Morgan fingerprint density at radius 1 is 1.80 bits per heavy atom. The summed E-state index contributed by atoms with van der Waals surface area (Å²) in [4.78, 5) is 0. The van der Waals surface area contributed by atoms with E-state index in [0.29, 0.717) is 0 Å². The van der Waals surface area contributed by atoms with Crippen molar-refractivity contribution in [1.29, 1.82) is 0 Å². The van der Waals surface area contributed by atoms with Crippen LogP contribution in [-0.4, -0.2) is 12.0 Å². The van der Waals surface area contributed by atoms with Gasteiger partial charge in [-0.05, 0) is 12.3 Å². The van der Waals surface area contributed by atoms with E-state index in [1.807, 2.05) is 12.3 Å². The minimum absolute atomic E-state index is 0.119. The SMILES string of the molecule is CSCC(N)c1ccoc1.